The van der Waals surface area contributed by atoms with Crippen LogP contribution < -0.4 is 0 Å². The number of halogens is 2. The number of aliphatic carboxylic acids is 1. The first-order valence-corrected chi connectivity index (χ1v) is 10.2. The molecule has 0 aliphatic heterocycles. The van der Waals surface area contributed by atoms with Gasteiger partial charge < -0.3 is 5.11 Å². The molecule has 1 atom stereocenters. The number of hydrogen-bond acceptors (Lipinski definition) is 1. The Kier molecular flexibility index (Phi) is 6.39. The molecule has 1 unspecified atom stereocenters. The molecule has 1 aromatic rings. The van der Waals surface area contributed by atoms with Crippen molar-refractivity contribution >= 4 is 17.6 Å². The van der Waals surface area contributed by atoms with Crippen LogP contribution in [-0.4, -0.2) is 11.1 Å². The van der Waals surface area contributed by atoms with E-state index >= 15 is 0 Å². The molecular weight excluding hydrogens is 351 g/mol. The topological polar surface area (TPSA) is 37.3 Å². The van der Waals surface area contributed by atoms with Gasteiger partial charge in [0.1, 0.15) is 5.82 Å². The number of hydrogen-bond donors (Lipinski definition) is 1. The predicted octanol–water partition coefficient (Wildman–Crippen LogP) is 6.45. The number of carboxylic acids is 1. The lowest BCUT2D eigenvalue weighted by Crippen LogP contribution is -2.30. The third-order valence-corrected chi connectivity index (χ3v) is 7.02. The quantitative estimate of drug-likeness (QED) is 0.598. The molecule has 2 fully saturated rings. The van der Waals surface area contributed by atoms with Crippen molar-refractivity contribution < 1.29 is 14.3 Å². The lowest BCUT2D eigenvalue weighted by Gasteiger charge is -2.38. The molecule has 0 saturated heterocycles. The zero-order valence-corrected chi connectivity index (χ0v) is 15.9. The summed E-state index contributed by atoms with van der Waals surface area (Å²) in [6, 6.07) is 5.22. The van der Waals surface area contributed by atoms with Crippen LogP contribution in [0.2, 0.25) is 5.02 Å². The fourth-order valence-electron chi connectivity index (χ4n) is 5.16. The molecule has 2 aliphatic rings. The van der Waals surface area contributed by atoms with Crippen LogP contribution in [0.25, 0.3) is 0 Å². The third kappa shape index (κ3) is 4.31. The van der Waals surface area contributed by atoms with Gasteiger partial charge in [0, 0.05) is 0 Å². The largest absolute Gasteiger partial charge is 0.481 e. The standard InChI is InChI=1S/C22H28ClFO2/c1-2-19(22(25)26)17-9-7-15(8-10-17)14-3-5-16(6-4-14)18-11-12-20(23)21(24)13-18/h2,11-17,19H,1,3-10H2,(H,25,26). The molecule has 1 N–H and O–H groups in total. The van der Waals surface area contributed by atoms with Crippen molar-refractivity contribution in [3.8, 4) is 0 Å². The Morgan fingerprint density at radius 3 is 2.19 bits per heavy atom. The predicted molar refractivity (Wildman–Crippen MR) is 103 cm³/mol. The van der Waals surface area contributed by atoms with Crippen LogP contribution in [0.3, 0.4) is 0 Å². The Bertz CT molecular complexity index is 644. The van der Waals surface area contributed by atoms with Gasteiger partial charge in [0.2, 0.25) is 0 Å². The summed E-state index contributed by atoms with van der Waals surface area (Å²) in [5.74, 6) is 0.677. The van der Waals surface area contributed by atoms with Crippen molar-refractivity contribution in [3.05, 3.63) is 47.3 Å². The maximum atomic E-state index is 13.7. The summed E-state index contributed by atoms with van der Waals surface area (Å²) in [7, 11) is 0. The molecule has 0 spiro atoms. The van der Waals surface area contributed by atoms with E-state index in [1.54, 1.807) is 18.2 Å². The van der Waals surface area contributed by atoms with Crippen LogP contribution in [0.4, 0.5) is 4.39 Å². The van der Waals surface area contributed by atoms with Gasteiger partial charge in [-0.05, 0) is 92.7 Å². The van der Waals surface area contributed by atoms with E-state index in [0.717, 1.165) is 50.0 Å². The molecule has 0 amide bonds. The van der Waals surface area contributed by atoms with Gasteiger partial charge in [0.15, 0.2) is 0 Å². The second-order valence-corrected chi connectivity index (χ2v) is 8.47. The van der Waals surface area contributed by atoms with E-state index in [1.165, 1.54) is 12.8 Å². The second kappa shape index (κ2) is 8.56. The minimum absolute atomic E-state index is 0.193. The van der Waals surface area contributed by atoms with E-state index in [4.69, 9.17) is 11.6 Å². The smallest absolute Gasteiger partial charge is 0.310 e. The minimum atomic E-state index is -0.737. The number of carbonyl (C=O) groups is 1. The Labute approximate surface area is 160 Å². The summed E-state index contributed by atoms with van der Waals surface area (Å²) in [4.78, 5) is 11.3. The van der Waals surface area contributed by atoms with Crippen LogP contribution >= 0.6 is 11.6 Å². The van der Waals surface area contributed by atoms with Gasteiger partial charge in [-0.3, -0.25) is 4.79 Å². The van der Waals surface area contributed by atoms with Crippen molar-refractivity contribution in [2.24, 2.45) is 23.7 Å². The van der Waals surface area contributed by atoms with Crippen LogP contribution in [0.1, 0.15) is 62.8 Å². The Morgan fingerprint density at radius 2 is 1.69 bits per heavy atom. The molecule has 4 heteroatoms. The van der Waals surface area contributed by atoms with Gasteiger partial charge >= 0.3 is 5.97 Å². The summed E-state index contributed by atoms with van der Waals surface area (Å²) in [5, 5.41) is 9.50. The van der Waals surface area contributed by atoms with Crippen molar-refractivity contribution in [3.63, 3.8) is 0 Å². The fraction of sp³-hybridized carbons (Fsp3) is 0.591. The highest BCUT2D eigenvalue weighted by atomic mass is 35.5. The lowest BCUT2D eigenvalue weighted by molar-refractivity contribution is -0.142. The maximum Gasteiger partial charge on any atom is 0.310 e. The van der Waals surface area contributed by atoms with Gasteiger partial charge in [0.25, 0.3) is 0 Å². The molecule has 142 valence electrons. The van der Waals surface area contributed by atoms with Gasteiger partial charge in [-0.2, -0.15) is 0 Å². The average molecular weight is 379 g/mol. The van der Waals surface area contributed by atoms with Crippen molar-refractivity contribution in [1.82, 2.24) is 0 Å². The molecule has 26 heavy (non-hydrogen) atoms. The monoisotopic (exact) mass is 378 g/mol. The highest BCUT2D eigenvalue weighted by Gasteiger charge is 2.34. The van der Waals surface area contributed by atoms with E-state index in [-0.39, 0.29) is 16.8 Å². The van der Waals surface area contributed by atoms with E-state index in [0.29, 0.717) is 11.8 Å². The number of benzene rings is 1. The summed E-state index contributed by atoms with van der Waals surface area (Å²) >= 11 is 5.79. The molecule has 2 aliphatic carbocycles. The normalized spacial score (nSPS) is 30.5. The van der Waals surface area contributed by atoms with E-state index in [9.17, 15) is 14.3 Å². The molecule has 2 saturated carbocycles. The first-order chi connectivity index (χ1) is 12.5. The zero-order valence-electron chi connectivity index (χ0n) is 15.2. The molecule has 0 bridgehead atoms. The molecule has 0 radical (unpaired) electrons. The Hall–Kier alpha value is -1.35. The Morgan fingerprint density at radius 1 is 1.12 bits per heavy atom. The maximum absolute atomic E-state index is 13.7. The van der Waals surface area contributed by atoms with Crippen molar-refractivity contribution in [1.29, 1.82) is 0 Å². The summed E-state index contributed by atoms with van der Waals surface area (Å²) in [5.41, 5.74) is 1.07. The van der Waals surface area contributed by atoms with Crippen LogP contribution in [-0.2, 0) is 4.79 Å². The minimum Gasteiger partial charge on any atom is -0.481 e. The number of rotatable bonds is 5. The molecule has 2 nitrogen and oxygen atoms in total. The summed E-state index contributed by atoms with van der Waals surface area (Å²) < 4.78 is 13.7. The summed E-state index contributed by atoms with van der Waals surface area (Å²) in [6.45, 7) is 3.70. The third-order valence-electron chi connectivity index (χ3n) is 6.72. The van der Waals surface area contributed by atoms with Gasteiger partial charge in [-0.25, -0.2) is 4.39 Å². The van der Waals surface area contributed by atoms with Gasteiger partial charge in [-0.1, -0.05) is 23.7 Å². The van der Waals surface area contributed by atoms with E-state index in [2.05, 4.69) is 6.58 Å². The van der Waals surface area contributed by atoms with Gasteiger partial charge in [-0.15, -0.1) is 6.58 Å². The van der Waals surface area contributed by atoms with E-state index < -0.39 is 11.9 Å². The fourth-order valence-corrected chi connectivity index (χ4v) is 5.28. The molecule has 0 aromatic heterocycles. The van der Waals surface area contributed by atoms with Gasteiger partial charge in [0.05, 0.1) is 10.9 Å². The highest BCUT2D eigenvalue weighted by Crippen LogP contribution is 2.45. The van der Waals surface area contributed by atoms with Crippen LogP contribution in [0.5, 0.6) is 0 Å². The Balaban J connectivity index is 1.50. The average Bonchev–Trinajstić information content (AvgIpc) is 2.65. The van der Waals surface area contributed by atoms with Crippen molar-refractivity contribution in [2.45, 2.75) is 57.3 Å². The van der Waals surface area contributed by atoms with Crippen LogP contribution in [0, 0.1) is 29.5 Å². The first kappa shape index (κ1) is 19.4. The highest BCUT2D eigenvalue weighted by molar-refractivity contribution is 6.30. The lowest BCUT2D eigenvalue weighted by atomic mass is 9.67. The molecule has 1 aromatic carbocycles. The molecule has 0 heterocycles. The zero-order chi connectivity index (χ0) is 18.7. The molecular formula is C22H28ClFO2. The SMILES string of the molecule is C=CC(C(=O)O)C1CCC(C2CCC(c3ccc(Cl)c(F)c3)CC2)CC1. The van der Waals surface area contributed by atoms with E-state index in [1.807, 2.05) is 6.07 Å². The second-order valence-electron chi connectivity index (χ2n) is 8.06. The van der Waals surface area contributed by atoms with Crippen molar-refractivity contribution in [2.75, 3.05) is 0 Å². The molecule has 3 rings (SSSR count). The summed E-state index contributed by atoms with van der Waals surface area (Å²) in [6.07, 6.45) is 10.4. The first-order valence-electron chi connectivity index (χ1n) is 9.80. The number of carboxylic acid groups (broad SMARTS) is 1. The van der Waals surface area contributed by atoms with Crippen LogP contribution in [0.15, 0.2) is 30.9 Å².